The molecule has 0 aromatic carbocycles. The minimum atomic E-state index is 0.258. The van der Waals surface area contributed by atoms with E-state index in [1.165, 1.54) is 44.1 Å². The highest BCUT2D eigenvalue weighted by molar-refractivity contribution is 5.83. The summed E-state index contributed by atoms with van der Waals surface area (Å²) in [6.45, 7) is 2.29. The van der Waals surface area contributed by atoms with E-state index in [1.54, 1.807) is 0 Å². The second-order valence-electron chi connectivity index (χ2n) is 8.76. The van der Waals surface area contributed by atoms with Gasteiger partial charge in [-0.15, -0.1) is 0 Å². The van der Waals surface area contributed by atoms with E-state index in [4.69, 9.17) is 0 Å². The second-order valence-corrected chi connectivity index (χ2v) is 8.76. The molecule has 1 saturated heterocycles. The summed E-state index contributed by atoms with van der Waals surface area (Å²) in [5.74, 6) is 2.26. The lowest BCUT2D eigenvalue weighted by Gasteiger charge is -2.46. The Balaban J connectivity index is 1.62. The number of nitrogens with zero attached hydrogens (tertiary/aromatic N) is 1. The second kappa shape index (κ2) is 5.39. The smallest absolute Gasteiger partial charge is 0.136 e. The van der Waals surface area contributed by atoms with Crippen LogP contribution >= 0.6 is 0 Å². The number of fused-ring (bicyclic) bond motifs is 1. The third kappa shape index (κ3) is 1.88. The quantitative estimate of drug-likeness (QED) is 0.856. The number of carbonyl (C=O) groups is 1. The predicted molar refractivity (Wildman–Crippen MR) is 93.6 cm³/mol. The van der Waals surface area contributed by atoms with Crippen molar-refractivity contribution >= 4 is 5.78 Å². The van der Waals surface area contributed by atoms with Crippen LogP contribution in [0.4, 0.5) is 0 Å². The molecule has 2 heterocycles. The average Bonchev–Trinajstić information content (AvgIpc) is 3.11. The summed E-state index contributed by atoms with van der Waals surface area (Å²) in [5.41, 5.74) is 2.14. The lowest BCUT2D eigenvalue weighted by molar-refractivity contribution is -0.130. The third-order valence-electron chi connectivity index (χ3n) is 8.17. The van der Waals surface area contributed by atoms with Gasteiger partial charge >= 0.3 is 0 Å². The normalized spacial score (nSPS) is 40.5. The van der Waals surface area contributed by atoms with Gasteiger partial charge in [0.15, 0.2) is 0 Å². The average molecular weight is 324 g/mol. The number of carbonyl (C=O) groups excluding carboxylic acids is 1. The molecule has 1 N–H and O–H groups in total. The molecule has 0 amide bonds. The van der Waals surface area contributed by atoms with Crippen LogP contribution in [0.2, 0.25) is 0 Å². The molecule has 128 valence electrons. The van der Waals surface area contributed by atoms with Gasteiger partial charge in [-0.05, 0) is 98.4 Å². The summed E-state index contributed by atoms with van der Waals surface area (Å²) in [7, 11) is 0. The summed E-state index contributed by atoms with van der Waals surface area (Å²) in [6.07, 6.45) is 13.4. The van der Waals surface area contributed by atoms with Crippen LogP contribution in [0.5, 0.6) is 0 Å². The van der Waals surface area contributed by atoms with Crippen LogP contribution in [0.15, 0.2) is 24.5 Å². The fraction of sp³-hybridized carbons (Fsp3) is 0.714. The third-order valence-corrected chi connectivity index (χ3v) is 8.17. The Morgan fingerprint density at radius 2 is 1.83 bits per heavy atom. The zero-order chi connectivity index (χ0) is 16.2. The number of nitrogens with one attached hydrogen (secondary N) is 1. The van der Waals surface area contributed by atoms with E-state index in [1.807, 2.05) is 12.4 Å². The van der Waals surface area contributed by atoms with Gasteiger partial charge in [-0.3, -0.25) is 9.78 Å². The molecular weight excluding hydrogens is 296 g/mol. The molecule has 1 aromatic heterocycles. The van der Waals surface area contributed by atoms with Crippen molar-refractivity contribution in [2.24, 2.45) is 22.7 Å². The van der Waals surface area contributed by atoms with Crippen molar-refractivity contribution in [2.75, 3.05) is 13.1 Å². The first kappa shape index (κ1) is 15.1. The van der Waals surface area contributed by atoms with Gasteiger partial charge in [0.05, 0.1) is 0 Å². The fourth-order valence-corrected chi connectivity index (χ4v) is 7.44. The van der Waals surface area contributed by atoms with Crippen LogP contribution in [0, 0.1) is 22.7 Å². The standard InChI is InChI=1S/C21H28N2O/c24-18-2-1-7-21-16(15-5-10-22-11-6-15)3-4-19(21)20(14-17(18)21)8-12-23-13-9-20/h5-6,10-11,16-17,19,23H,1-4,7-9,12-14H2. The predicted octanol–water partition coefficient (Wildman–Crippen LogP) is 3.70. The largest absolute Gasteiger partial charge is 0.317 e. The van der Waals surface area contributed by atoms with Crippen LogP contribution in [-0.4, -0.2) is 23.9 Å². The van der Waals surface area contributed by atoms with Crippen molar-refractivity contribution < 1.29 is 4.79 Å². The van der Waals surface area contributed by atoms with E-state index < -0.39 is 0 Å². The Bertz CT molecular complexity index is 636. The highest BCUT2D eigenvalue weighted by atomic mass is 16.1. The number of Topliss-reactive ketones (excluding diaryl/α,β-unsaturated/α-hetero) is 1. The molecular formula is C21H28N2O. The van der Waals surface area contributed by atoms with Crippen molar-refractivity contribution in [3.63, 3.8) is 0 Å². The Kier molecular flexibility index (Phi) is 3.38. The monoisotopic (exact) mass is 324 g/mol. The van der Waals surface area contributed by atoms with Gasteiger partial charge in [-0.1, -0.05) is 0 Å². The van der Waals surface area contributed by atoms with Gasteiger partial charge in [0.2, 0.25) is 0 Å². The maximum absolute atomic E-state index is 13.0. The Morgan fingerprint density at radius 3 is 2.62 bits per heavy atom. The van der Waals surface area contributed by atoms with E-state index in [0.29, 0.717) is 23.0 Å². The molecule has 2 spiro atoms. The lowest BCUT2D eigenvalue weighted by Crippen LogP contribution is -2.43. The van der Waals surface area contributed by atoms with E-state index in [9.17, 15) is 4.79 Å². The van der Waals surface area contributed by atoms with Crippen LogP contribution in [0.25, 0.3) is 0 Å². The number of aromatic nitrogens is 1. The lowest BCUT2D eigenvalue weighted by atomic mass is 9.57. The van der Waals surface area contributed by atoms with Crippen molar-refractivity contribution in [1.82, 2.24) is 10.3 Å². The van der Waals surface area contributed by atoms with Gasteiger partial charge < -0.3 is 5.32 Å². The van der Waals surface area contributed by atoms with Gasteiger partial charge in [0, 0.05) is 24.7 Å². The van der Waals surface area contributed by atoms with Gasteiger partial charge in [0.1, 0.15) is 5.78 Å². The van der Waals surface area contributed by atoms with Crippen LogP contribution in [0.1, 0.15) is 62.8 Å². The van der Waals surface area contributed by atoms with E-state index in [2.05, 4.69) is 22.4 Å². The topological polar surface area (TPSA) is 42.0 Å². The summed E-state index contributed by atoms with van der Waals surface area (Å²) in [5, 5.41) is 3.56. The zero-order valence-electron chi connectivity index (χ0n) is 14.5. The van der Waals surface area contributed by atoms with E-state index in [0.717, 1.165) is 31.8 Å². The van der Waals surface area contributed by atoms with Crippen LogP contribution < -0.4 is 5.32 Å². The number of hydrogen-bond acceptors (Lipinski definition) is 3. The summed E-state index contributed by atoms with van der Waals surface area (Å²) in [6, 6.07) is 4.43. The molecule has 4 fully saturated rings. The Morgan fingerprint density at radius 1 is 1.04 bits per heavy atom. The molecule has 1 aliphatic heterocycles. The van der Waals surface area contributed by atoms with Crippen LogP contribution in [-0.2, 0) is 4.79 Å². The minimum absolute atomic E-state index is 0.258. The van der Waals surface area contributed by atoms with Crippen molar-refractivity contribution in [3.05, 3.63) is 30.1 Å². The Labute approximate surface area is 144 Å². The van der Waals surface area contributed by atoms with E-state index in [-0.39, 0.29) is 5.41 Å². The van der Waals surface area contributed by atoms with Gasteiger partial charge in [0.25, 0.3) is 0 Å². The number of pyridine rings is 1. The SMILES string of the molecule is O=C1CCCC23C1CC1(CCNCC1)C2CCC3c1ccncc1. The first-order chi connectivity index (χ1) is 11.8. The summed E-state index contributed by atoms with van der Waals surface area (Å²) < 4.78 is 0. The zero-order valence-corrected chi connectivity index (χ0v) is 14.5. The molecule has 4 unspecified atom stereocenters. The molecule has 0 radical (unpaired) electrons. The van der Waals surface area contributed by atoms with Gasteiger partial charge in [-0.25, -0.2) is 0 Å². The number of rotatable bonds is 1. The van der Waals surface area contributed by atoms with Crippen molar-refractivity contribution in [1.29, 1.82) is 0 Å². The number of hydrogen-bond donors (Lipinski definition) is 1. The Hall–Kier alpha value is -1.22. The molecule has 3 saturated carbocycles. The fourth-order valence-electron chi connectivity index (χ4n) is 7.44. The van der Waals surface area contributed by atoms with Crippen molar-refractivity contribution in [3.8, 4) is 0 Å². The molecule has 0 bridgehead atoms. The van der Waals surface area contributed by atoms with Crippen molar-refractivity contribution in [2.45, 2.75) is 57.3 Å². The summed E-state index contributed by atoms with van der Waals surface area (Å²) in [4.78, 5) is 17.2. The maximum atomic E-state index is 13.0. The molecule has 3 nitrogen and oxygen atoms in total. The molecule has 1 aromatic rings. The molecule has 24 heavy (non-hydrogen) atoms. The van der Waals surface area contributed by atoms with Gasteiger partial charge in [-0.2, -0.15) is 0 Å². The molecule has 4 atom stereocenters. The molecule has 5 rings (SSSR count). The number of piperidine rings is 1. The minimum Gasteiger partial charge on any atom is -0.317 e. The first-order valence-electron chi connectivity index (χ1n) is 9.90. The molecule has 4 aliphatic rings. The molecule has 3 heteroatoms. The molecule has 3 aliphatic carbocycles. The van der Waals surface area contributed by atoms with E-state index >= 15 is 0 Å². The number of ketones is 1. The highest BCUT2D eigenvalue weighted by Gasteiger charge is 2.68. The first-order valence-corrected chi connectivity index (χ1v) is 9.90. The van der Waals surface area contributed by atoms with Crippen LogP contribution in [0.3, 0.4) is 0 Å². The summed E-state index contributed by atoms with van der Waals surface area (Å²) >= 11 is 0. The highest BCUT2D eigenvalue weighted by Crippen LogP contribution is 2.74. The maximum Gasteiger partial charge on any atom is 0.136 e.